The standard InChI is InChI=1S/C18H18FNO4/c1-11-8-9-13(19)10-14(11)18(22)24-12(2)17(21)20-15-6-4-5-7-16(15)23-3/h4-10,12H,1-3H3,(H,20,21)/t12-/m0/s1. The van der Waals surface area contributed by atoms with Gasteiger partial charge < -0.3 is 14.8 Å². The van der Waals surface area contributed by atoms with Crippen LogP contribution in [0, 0.1) is 12.7 Å². The van der Waals surface area contributed by atoms with Gasteiger partial charge in [0.1, 0.15) is 11.6 Å². The SMILES string of the molecule is COc1ccccc1NC(=O)[C@H](C)OC(=O)c1cc(F)ccc1C. The van der Waals surface area contributed by atoms with Crippen LogP contribution < -0.4 is 10.1 Å². The number of carbonyl (C=O) groups is 2. The molecule has 0 aliphatic heterocycles. The van der Waals surface area contributed by atoms with E-state index in [1.54, 1.807) is 31.2 Å². The summed E-state index contributed by atoms with van der Waals surface area (Å²) >= 11 is 0. The van der Waals surface area contributed by atoms with Crippen LogP contribution in [0.25, 0.3) is 0 Å². The zero-order valence-electron chi connectivity index (χ0n) is 13.6. The van der Waals surface area contributed by atoms with Gasteiger partial charge in [0.2, 0.25) is 0 Å². The number of benzene rings is 2. The molecule has 0 aliphatic rings. The number of hydrogen-bond acceptors (Lipinski definition) is 4. The molecule has 0 bridgehead atoms. The molecule has 0 saturated heterocycles. The minimum atomic E-state index is -1.05. The molecule has 2 aromatic carbocycles. The Balaban J connectivity index is 2.06. The zero-order chi connectivity index (χ0) is 17.7. The predicted octanol–water partition coefficient (Wildman–Crippen LogP) is 3.33. The van der Waals surface area contributed by atoms with Gasteiger partial charge in [-0.2, -0.15) is 0 Å². The minimum absolute atomic E-state index is 0.0898. The number of esters is 1. The van der Waals surface area contributed by atoms with Gasteiger partial charge in [0.15, 0.2) is 6.10 Å². The first-order valence-electron chi connectivity index (χ1n) is 7.33. The lowest BCUT2D eigenvalue weighted by atomic mass is 10.1. The summed E-state index contributed by atoms with van der Waals surface area (Å²) in [5.74, 6) is -1.32. The highest BCUT2D eigenvalue weighted by atomic mass is 19.1. The third-order valence-corrected chi connectivity index (χ3v) is 3.44. The molecule has 0 saturated carbocycles. The topological polar surface area (TPSA) is 64.6 Å². The summed E-state index contributed by atoms with van der Waals surface area (Å²) in [6, 6.07) is 10.7. The van der Waals surface area contributed by atoms with Crippen LogP contribution in [0.3, 0.4) is 0 Å². The van der Waals surface area contributed by atoms with Gasteiger partial charge in [0.25, 0.3) is 5.91 Å². The second kappa shape index (κ2) is 7.59. The average Bonchev–Trinajstić information content (AvgIpc) is 2.57. The molecule has 2 rings (SSSR count). The summed E-state index contributed by atoms with van der Waals surface area (Å²) in [4.78, 5) is 24.3. The van der Waals surface area contributed by atoms with E-state index in [2.05, 4.69) is 5.32 Å². The Morgan fingerprint density at radius 3 is 2.58 bits per heavy atom. The molecule has 1 amide bonds. The molecule has 0 aromatic heterocycles. The fraction of sp³-hybridized carbons (Fsp3) is 0.222. The van der Waals surface area contributed by atoms with Gasteiger partial charge >= 0.3 is 5.97 Å². The van der Waals surface area contributed by atoms with Gasteiger partial charge in [0, 0.05) is 0 Å². The number of para-hydroxylation sites is 2. The quantitative estimate of drug-likeness (QED) is 0.854. The highest BCUT2D eigenvalue weighted by Gasteiger charge is 2.21. The van der Waals surface area contributed by atoms with Crippen LogP contribution in [-0.4, -0.2) is 25.1 Å². The van der Waals surface area contributed by atoms with E-state index in [1.165, 1.54) is 26.2 Å². The second-order valence-corrected chi connectivity index (χ2v) is 5.20. The summed E-state index contributed by atoms with van der Waals surface area (Å²) in [6.07, 6.45) is -1.05. The maximum atomic E-state index is 13.3. The van der Waals surface area contributed by atoms with Crippen LogP contribution in [0.15, 0.2) is 42.5 Å². The summed E-state index contributed by atoms with van der Waals surface area (Å²) in [6.45, 7) is 3.10. The molecule has 0 fully saturated rings. The van der Waals surface area contributed by atoms with Crippen molar-refractivity contribution in [3.63, 3.8) is 0 Å². The highest BCUT2D eigenvalue weighted by molar-refractivity contribution is 5.98. The van der Waals surface area contributed by atoms with Crippen LogP contribution in [0.5, 0.6) is 5.75 Å². The molecule has 6 heteroatoms. The fourth-order valence-electron chi connectivity index (χ4n) is 2.07. The number of rotatable bonds is 5. The van der Waals surface area contributed by atoms with E-state index in [-0.39, 0.29) is 5.56 Å². The Bertz CT molecular complexity index is 760. The first-order chi connectivity index (χ1) is 11.4. The normalized spacial score (nSPS) is 11.5. The van der Waals surface area contributed by atoms with Gasteiger partial charge in [-0.25, -0.2) is 9.18 Å². The number of ether oxygens (including phenoxy) is 2. The smallest absolute Gasteiger partial charge is 0.339 e. The Morgan fingerprint density at radius 2 is 1.88 bits per heavy atom. The number of amides is 1. The van der Waals surface area contributed by atoms with Crippen LogP contribution >= 0.6 is 0 Å². The molecule has 1 atom stereocenters. The fourth-order valence-corrected chi connectivity index (χ4v) is 2.07. The van der Waals surface area contributed by atoms with Crippen LogP contribution in [0.2, 0.25) is 0 Å². The summed E-state index contributed by atoms with van der Waals surface area (Å²) in [5, 5.41) is 2.63. The molecule has 126 valence electrons. The van der Waals surface area contributed by atoms with E-state index in [1.807, 2.05) is 0 Å². The molecule has 0 radical (unpaired) electrons. The van der Waals surface area contributed by atoms with Gasteiger partial charge in [-0.3, -0.25) is 4.79 Å². The lowest BCUT2D eigenvalue weighted by molar-refractivity contribution is -0.123. The monoisotopic (exact) mass is 331 g/mol. The average molecular weight is 331 g/mol. The van der Waals surface area contributed by atoms with Crippen molar-refractivity contribution >= 4 is 17.6 Å². The molecule has 0 aliphatic carbocycles. The molecule has 0 heterocycles. The summed E-state index contributed by atoms with van der Waals surface area (Å²) in [7, 11) is 1.49. The second-order valence-electron chi connectivity index (χ2n) is 5.20. The Hall–Kier alpha value is -2.89. The Kier molecular flexibility index (Phi) is 5.52. The van der Waals surface area contributed by atoms with Gasteiger partial charge in [-0.05, 0) is 43.7 Å². The van der Waals surface area contributed by atoms with E-state index in [0.29, 0.717) is 17.0 Å². The van der Waals surface area contributed by atoms with Gasteiger partial charge in [-0.1, -0.05) is 18.2 Å². The lowest BCUT2D eigenvalue weighted by Crippen LogP contribution is -2.30. The van der Waals surface area contributed by atoms with Crippen LogP contribution in [-0.2, 0) is 9.53 Å². The molecule has 0 unspecified atom stereocenters. The number of hydrogen-bond donors (Lipinski definition) is 1. The summed E-state index contributed by atoms with van der Waals surface area (Å²) < 4.78 is 23.5. The maximum Gasteiger partial charge on any atom is 0.339 e. The van der Waals surface area contributed by atoms with Crippen molar-refractivity contribution in [2.24, 2.45) is 0 Å². The van der Waals surface area contributed by atoms with Crippen LogP contribution in [0.4, 0.5) is 10.1 Å². The van der Waals surface area contributed by atoms with E-state index >= 15 is 0 Å². The van der Waals surface area contributed by atoms with E-state index in [9.17, 15) is 14.0 Å². The van der Waals surface area contributed by atoms with Crippen molar-refractivity contribution in [2.45, 2.75) is 20.0 Å². The third kappa shape index (κ3) is 4.10. The molecule has 0 spiro atoms. The van der Waals surface area contributed by atoms with Crippen molar-refractivity contribution in [3.05, 3.63) is 59.4 Å². The molecule has 2 aromatic rings. The zero-order valence-corrected chi connectivity index (χ0v) is 13.6. The Morgan fingerprint density at radius 1 is 1.17 bits per heavy atom. The van der Waals surface area contributed by atoms with Crippen LogP contribution in [0.1, 0.15) is 22.8 Å². The van der Waals surface area contributed by atoms with Crippen molar-refractivity contribution in [3.8, 4) is 5.75 Å². The number of methoxy groups -OCH3 is 1. The molecule has 5 nitrogen and oxygen atoms in total. The number of halogens is 1. The van der Waals surface area contributed by atoms with Crippen molar-refractivity contribution in [1.29, 1.82) is 0 Å². The number of aryl methyl sites for hydroxylation is 1. The minimum Gasteiger partial charge on any atom is -0.495 e. The van der Waals surface area contributed by atoms with E-state index in [4.69, 9.17) is 9.47 Å². The maximum absolute atomic E-state index is 13.3. The van der Waals surface area contributed by atoms with E-state index in [0.717, 1.165) is 6.07 Å². The lowest BCUT2D eigenvalue weighted by Gasteiger charge is -2.15. The number of nitrogens with one attached hydrogen (secondary N) is 1. The largest absolute Gasteiger partial charge is 0.495 e. The number of carbonyl (C=O) groups excluding carboxylic acids is 2. The van der Waals surface area contributed by atoms with Gasteiger partial charge in [-0.15, -0.1) is 0 Å². The number of anilines is 1. The molecular weight excluding hydrogens is 313 g/mol. The highest BCUT2D eigenvalue weighted by Crippen LogP contribution is 2.23. The van der Waals surface area contributed by atoms with Crippen molar-refractivity contribution in [1.82, 2.24) is 0 Å². The first-order valence-corrected chi connectivity index (χ1v) is 7.33. The van der Waals surface area contributed by atoms with E-state index < -0.39 is 23.8 Å². The third-order valence-electron chi connectivity index (χ3n) is 3.44. The Labute approximate surface area is 139 Å². The molecule has 1 N–H and O–H groups in total. The van der Waals surface area contributed by atoms with Gasteiger partial charge in [0.05, 0.1) is 18.4 Å². The van der Waals surface area contributed by atoms with Crippen molar-refractivity contribution in [2.75, 3.05) is 12.4 Å². The molecular formula is C18H18FNO4. The summed E-state index contributed by atoms with van der Waals surface area (Å²) in [5.41, 5.74) is 1.13. The first kappa shape index (κ1) is 17.5. The predicted molar refractivity (Wildman–Crippen MR) is 87.6 cm³/mol. The van der Waals surface area contributed by atoms with Crippen molar-refractivity contribution < 1.29 is 23.5 Å². The molecule has 24 heavy (non-hydrogen) atoms.